The molecule has 1 atom stereocenters. The van der Waals surface area contributed by atoms with Crippen LogP contribution in [0.15, 0.2) is 30.5 Å². The highest BCUT2D eigenvalue weighted by molar-refractivity contribution is 5.38. The highest BCUT2D eigenvalue weighted by Crippen LogP contribution is 2.26. The Kier molecular flexibility index (Phi) is 4.78. The number of nitrogens with zero attached hydrogens (tertiary/aromatic N) is 2. The van der Waals surface area contributed by atoms with Gasteiger partial charge in [0.15, 0.2) is 0 Å². The first kappa shape index (κ1) is 15.1. The van der Waals surface area contributed by atoms with E-state index in [2.05, 4.69) is 25.3 Å². The van der Waals surface area contributed by atoms with E-state index >= 15 is 0 Å². The van der Waals surface area contributed by atoms with E-state index in [1.807, 2.05) is 16.8 Å². The number of aryl methyl sites for hydroxylation is 1. The minimum Gasteiger partial charge on any atom is -0.496 e. The second-order valence-electron chi connectivity index (χ2n) is 5.74. The highest BCUT2D eigenvalue weighted by atomic mass is 16.5. The van der Waals surface area contributed by atoms with Crippen LogP contribution in [0.1, 0.15) is 49.2 Å². The maximum Gasteiger partial charge on any atom is 0.150 e. The molecule has 1 fully saturated rings. The van der Waals surface area contributed by atoms with E-state index in [1.54, 1.807) is 7.11 Å². The summed E-state index contributed by atoms with van der Waals surface area (Å²) in [5.74, 6) is 0.936. The summed E-state index contributed by atoms with van der Waals surface area (Å²) in [5, 5.41) is 4.75. The molecule has 2 aromatic rings. The van der Waals surface area contributed by atoms with E-state index in [1.165, 1.54) is 17.5 Å². The van der Waals surface area contributed by atoms with Crippen molar-refractivity contribution in [3.8, 4) is 5.75 Å². The third-order valence-corrected chi connectivity index (χ3v) is 4.25. The lowest BCUT2D eigenvalue weighted by molar-refractivity contribution is -0.0397. The Bertz CT molecular complexity index is 615. The number of hydrogen-bond donors (Lipinski definition) is 0. The normalized spacial score (nSPS) is 18.4. The molecule has 4 nitrogen and oxygen atoms in total. The molecule has 0 N–H and O–H groups in total. The monoisotopic (exact) mass is 300 g/mol. The molecule has 0 saturated carbocycles. The van der Waals surface area contributed by atoms with Crippen LogP contribution in [-0.2, 0) is 17.6 Å². The summed E-state index contributed by atoms with van der Waals surface area (Å²) in [4.78, 5) is 0. The number of ether oxygens (including phenoxy) is 2. The van der Waals surface area contributed by atoms with Gasteiger partial charge in [-0.05, 0) is 42.9 Å². The predicted octanol–water partition coefficient (Wildman–Crippen LogP) is 3.74. The summed E-state index contributed by atoms with van der Waals surface area (Å²) in [6.45, 7) is 2.99. The Hall–Kier alpha value is -1.81. The first-order chi connectivity index (χ1) is 10.8. The average Bonchev–Trinajstić information content (AvgIpc) is 2.99. The molecule has 0 spiro atoms. The zero-order chi connectivity index (χ0) is 15.4. The molecule has 1 unspecified atom stereocenters. The standard InChI is InChI=1S/C18H24N2O2/c1-3-16-15(12-14-8-4-5-9-17(14)21-2)13-20(19-16)18-10-6-7-11-22-18/h4-5,8-9,13,18H,3,6-7,10-12H2,1-2H3. The fourth-order valence-corrected chi connectivity index (χ4v) is 3.05. The Morgan fingerprint density at radius 3 is 2.86 bits per heavy atom. The van der Waals surface area contributed by atoms with Crippen molar-refractivity contribution in [1.29, 1.82) is 0 Å². The van der Waals surface area contributed by atoms with Crippen LogP contribution in [0.3, 0.4) is 0 Å². The van der Waals surface area contributed by atoms with Gasteiger partial charge in [0.25, 0.3) is 0 Å². The van der Waals surface area contributed by atoms with Gasteiger partial charge >= 0.3 is 0 Å². The second kappa shape index (κ2) is 6.97. The first-order valence-electron chi connectivity index (χ1n) is 8.12. The van der Waals surface area contributed by atoms with E-state index in [0.29, 0.717) is 0 Å². The molecule has 1 aliphatic heterocycles. The summed E-state index contributed by atoms with van der Waals surface area (Å²) in [6, 6.07) is 8.18. The highest BCUT2D eigenvalue weighted by Gasteiger charge is 2.19. The van der Waals surface area contributed by atoms with Crippen LogP contribution < -0.4 is 4.74 Å². The maximum atomic E-state index is 5.85. The van der Waals surface area contributed by atoms with Gasteiger partial charge in [-0.2, -0.15) is 5.10 Å². The summed E-state index contributed by atoms with van der Waals surface area (Å²) < 4.78 is 13.3. The fraction of sp³-hybridized carbons (Fsp3) is 0.500. The third kappa shape index (κ3) is 3.17. The summed E-state index contributed by atoms with van der Waals surface area (Å²) in [5.41, 5.74) is 3.62. The molecular formula is C18H24N2O2. The summed E-state index contributed by atoms with van der Waals surface area (Å²) in [6.07, 6.45) is 7.47. The van der Waals surface area contributed by atoms with Gasteiger partial charge in [0.1, 0.15) is 12.0 Å². The molecule has 0 radical (unpaired) electrons. The zero-order valence-electron chi connectivity index (χ0n) is 13.4. The molecule has 0 aliphatic carbocycles. The van der Waals surface area contributed by atoms with Crippen LogP contribution in [-0.4, -0.2) is 23.5 Å². The smallest absolute Gasteiger partial charge is 0.150 e. The molecular weight excluding hydrogens is 276 g/mol. The fourth-order valence-electron chi connectivity index (χ4n) is 3.05. The molecule has 1 aromatic carbocycles. The van der Waals surface area contributed by atoms with E-state index in [0.717, 1.165) is 43.7 Å². The van der Waals surface area contributed by atoms with Crippen molar-refractivity contribution in [2.24, 2.45) is 0 Å². The van der Waals surface area contributed by atoms with Gasteiger partial charge in [0, 0.05) is 19.2 Å². The predicted molar refractivity (Wildman–Crippen MR) is 86.2 cm³/mol. The van der Waals surface area contributed by atoms with Gasteiger partial charge in [-0.15, -0.1) is 0 Å². The Morgan fingerprint density at radius 2 is 2.14 bits per heavy atom. The zero-order valence-corrected chi connectivity index (χ0v) is 13.4. The molecule has 0 amide bonds. The molecule has 118 valence electrons. The van der Waals surface area contributed by atoms with Gasteiger partial charge in [-0.25, -0.2) is 4.68 Å². The van der Waals surface area contributed by atoms with Crippen molar-refractivity contribution < 1.29 is 9.47 Å². The molecule has 2 heterocycles. The summed E-state index contributed by atoms with van der Waals surface area (Å²) >= 11 is 0. The van der Waals surface area contributed by atoms with Crippen molar-refractivity contribution in [3.05, 3.63) is 47.3 Å². The third-order valence-electron chi connectivity index (χ3n) is 4.25. The first-order valence-corrected chi connectivity index (χ1v) is 8.12. The molecule has 1 aromatic heterocycles. The number of para-hydroxylation sites is 1. The molecule has 3 rings (SSSR count). The summed E-state index contributed by atoms with van der Waals surface area (Å²) in [7, 11) is 1.72. The van der Waals surface area contributed by atoms with Crippen LogP contribution in [0.5, 0.6) is 5.75 Å². The number of benzene rings is 1. The van der Waals surface area contributed by atoms with Crippen molar-refractivity contribution in [3.63, 3.8) is 0 Å². The van der Waals surface area contributed by atoms with E-state index in [-0.39, 0.29) is 6.23 Å². The minimum atomic E-state index is 0.102. The Labute approximate surface area is 132 Å². The van der Waals surface area contributed by atoms with Crippen LogP contribution in [0, 0.1) is 0 Å². The second-order valence-corrected chi connectivity index (χ2v) is 5.74. The van der Waals surface area contributed by atoms with Crippen molar-refractivity contribution in [2.75, 3.05) is 13.7 Å². The van der Waals surface area contributed by atoms with Crippen LogP contribution in [0.2, 0.25) is 0 Å². The molecule has 4 heteroatoms. The van der Waals surface area contributed by atoms with Gasteiger partial charge in [-0.3, -0.25) is 0 Å². The largest absolute Gasteiger partial charge is 0.496 e. The van der Waals surface area contributed by atoms with Gasteiger partial charge in [0.2, 0.25) is 0 Å². The number of aromatic nitrogens is 2. The Morgan fingerprint density at radius 1 is 1.27 bits per heavy atom. The van der Waals surface area contributed by atoms with Crippen LogP contribution in [0.25, 0.3) is 0 Å². The van der Waals surface area contributed by atoms with Gasteiger partial charge in [0.05, 0.1) is 12.8 Å². The van der Waals surface area contributed by atoms with E-state index in [4.69, 9.17) is 14.6 Å². The SMILES string of the molecule is CCc1nn(C2CCCCO2)cc1Cc1ccccc1OC. The average molecular weight is 300 g/mol. The van der Waals surface area contributed by atoms with Crippen LogP contribution in [0.4, 0.5) is 0 Å². The minimum absolute atomic E-state index is 0.102. The van der Waals surface area contributed by atoms with Gasteiger partial charge < -0.3 is 9.47 Å². The van der Waals surface area contributed by atoms with Crippen molar-refractivity contribution in [1.82, 2.24) is 9.78 Å². The Balaban J connectivity index is 1.85. The van der Waals surface area contributed by atoms with E-state index in [9.17, 15) is 0 Å². The number of rotatable bonds is 5. The molecule has 0 bridgehead atoms. The quantitative estimate of drug-likeness (QED) is 0.844. The lowest BCUT2D eigenvalue weighted by Crippen LogP contribution is -2.18. The van der Waals surface area contributed by atoms with E-state index < -0.39 is 0 Å². The number of methoxy groups -OCH3 is 1. The van der Waals surface area contributed by atoms with Crippen LogP contribution >= 0.6 is 0 Å². The van der Waals surface area contributed by atoms with Crippen molar-refractivity contribution in [2.45, 2.75) is 45.3 Å². The number of hydrogen-bond acceptors (Lipinski definition) is 3. The topological polar surface area (TPSA) is 36.3 Å². The maximum absolute atomic E-state index is 5.85. The van der Waals surface area contributed by atoms with Gasteiger partial charge in [-0.1, -0.05) is 25.1 Å². The molecule has 22 heavy (non-hydrogen) atoms. The molecule has 1 aliphatic rings. The lowest BCUT2D eigenvalue weighted by atomic mass is 10.0. The molecule has 1 saturated heterocycles. The lowest BCUT2D eigenvalue weighted by Gasteiger charge is -2.22. The van der Waals surface area contributed by atoms with Crippen molar-refractivity contribution >= 4 is 0 Å².